The molecule has 2 aliphatic carbocycles. The molecule has 3 aliphatic rings. The molecule has 0 spiro atoms. The Morgan fingerprint density at radius 1 is 1.06 bits per heavy atom. The number of nitrogens with zero attached hydrogens (tertiary/aromatic N) is 5. The van der Waals surface area contributed by atoms with E-state index in [-0.39, 0.29) is 11.9 Å². The lowest BCUT2D eigenvalue weighted by Gasteiger charge is -2.37. The van der Waals surface area contributed by atoms with E-state index in [2.05, 4.69) is 45.5 Å². The van der Waals surface area contributed by atoms with E-state index in [9.17, 15) is 9.90 Å². The van der Waals surface area contributed by atoms with Gasteiger partial charge in [0.05, 0.1) is 0 Å². The van der Waals surface area contributed by atoms with Crippen LogP contribution in [-0.2, 0) is 6.54 Å². The van der Waals surface area contributed by atoms with Crippen LogP contribution < -0.4 is 10.2 Å². The van der Waals surface area contributed by atoms with Crippen LogP contribution in [0.25, 0.3) is 11.2 Å². The molecule has 1 saturated heterocycles. The second kappa shape index (κ2) is 10.3. The van der Waals surface area contributed by atoms with Crippen molar-refractivity contribution >= 4 is 28.9 Å². The summed E-state index contributed by atoms with van der Waals surface area (Å²) in [6.07, 6.45) is 13.4. The maximum absolute atomic E-state index is 11.9. The van der Waals surface area contributed by atoms with Crippen LogP contribution in [0.3, 0.4) is 0 Å². The van der Waals surface area contributed by atoms with Crippen molar-refractivity contribution in [2.45, 2.75) is 110 Å². The summed E-state index contributed by atoms with van der Waals surface area (Å²) in [5, 5.41) is 13.4. The Labute approximate surface area is 208 Å². The van der Waals surface area contributed by atoms with Gasteiger partial charge >= 0.3 is 5.97 Å². The van der Waals surface area contributed by atoms with Gasteiger partial charge in [-0.25, -0.2) is 14.8 Å². The monoisotopic (exact) mass is 482 g/mol. The van der Waals surface area contributed by atoms with Gasteiger partial charge in [-0.1, -0.05) is 33.1 Å². The highest BCUT2D eigenvalue weighted by molar-refractivity contribution is 5.91. The summed E-state index contributed by atoms with van der Waals surface area (Å²) >= 11 is 0. The first kappa shape index (κ1) is 24.3. The summed E-state index contributed by atoms with van der Waals surface area (Å²) in [6, 6.07) is 0.701. The van der Waals surface area contributed by atoms with Gasteiger partial charge < -0.3 is 19.9 Å². The number of fused-ring (bicyclic) bond motifs is 1. The molecule has 2 N–H and O–H groups in total. The molecule has 35 heavy (non-hydrogen) atoms. The van der Waals surface area contributed by atoms with Crippen molar-refractivity contribution in [2.75, 3.05) is 16.8 Å². The van der Waals surface area contributed by atoms with Crippen LogP contribution >= 0.6 is 0 Å². The summed E-state index contributed by atoms with van der Waals surface area (Å²) in [4.78, 5) is 28.4. The lowest BCUT2D eigenvalue weighted by atomic mass is 9.80. The Morgan fingerprint density at radius 3 is 2.49 bits per heavy atom. The van der Waals surface area contributed by atoms with Gasteiger partial charge in [-0.3, -0.25) is 0 Å². The number of carbonyl (C=O) groups is 1. The smallest absolute Gasteiger partial charge is 0.374 e. The first-order chi connectivity index (χ1) is 16.9. The molecule has 1 aliphatic heterocycles. The van der Waals surface area contributed by atoms with E-state index in [1.54, 1.807) is 0 Å². The first-order valence-corrected chi connectivity index (χ1v) is 14.0. The molecule has 2 saturated carbocycles. The molecule has 3 heterocycles. The van der Waals surface area contributed by atoms with Gasteiger partial charge in [0, 0.05) is 25.2 Å². The van der Waals surface area contributed by atoms with Crippen LogP contribution in [0, 0.1) is 17.8 Å². The zero-order chi connectivity index (χ0) is 24.5. The molecule has 2 atom stereocenters. The SMILES string of the molecule is CCC1CCCCN1c1nc2nc(C(=O)O)nc(N[C@H](C)C3CCC3)c2n1CC1CCC(C)CC1. The number of anilines is 2. The fourth-order valence-electron chi connectivity index (χ4n) is 6.34. The van der Waals surface area contributed by atoms with E-state index in [1.807, 2.05) is 0 Å². The number of piperidine rings is 1. The Kier molecular flexibility index (Phi) is 7.17. The zero-order valence-electron chi connectivity index (χ0n) is 21.7. The molecular formula is C27H42N6O2. The number of rotatable bonds is 8. The van der Waals surface area contributed by atoms with Gasteiger partial charge in [-0.2, -0.15) is 4.98 Å². The van der Waals surface area contributed by atoms with Crippen molar-refractivity contribution in [1.29, 1.82) is 0 Å². The highest BCUT2D eigenvalue weighted by Crippen LogP contribution is 2.37. The second-order valence-electron chi connectivity index (χ2n) is 11.4. The third-order valence-corrected chi connectivity index (χ3v) is 8.93. The van der Waals surface area contributed by atoms with Crippen molar-refractivity contribution in [3.8, 4) is 0 Å². The maximum Gasteiger partial charge on any atom is 0.374 e. The minimum absolute atomic E-state index is 0.172. The number of carboxylic acid groups (broad SMARTS) is 1. The van der Waals surface area contributed by atoms with Crippen molar-refractivity contribution in [2.24, 2.45) is 17.8 Å². The average molecular weight is 483 g/mol. The van der Waals surface area contributed by atoms with Crippen LogP contribution in [0.1, 0.15) is 102 Å². The molecule has 8 nitrogen and oxygen atoms in total. The van der Waals surface area contributed by atoms with Crippen LogP contribution in [-0.4, -0.2) is 49.2 Å². The Bertz CT molecular complexity index is 1040. The standard InChI is InChI=1S/C27H42N6O2/c1-4-21-10-5-6-15-32(21)27-31-24-22(33(27)16-19-13-11-17(2)12-14-19)23(29-25(30-24)26(34)35)28-18(3)20-8-7-9-20/h17-21H,4-16H2,1-3H3,(H,34,35)(H,28,29,30)/t17?,18-,19?,21?/m1/s1. The summed E-state index contributed by atoms with van der Waals surface area (Å²) in [6.45, 7) is 8.70. The minimum Gasteiger partial charge on any atom is -0.475 e. The van der Waals surface area contributed by atoms with Crippen LogP contribution in [0.4, 0.5) is 11.8 Å². The summed E-state index contributed by atoms with van der Waals surface area (Å²) in [5.41, 5.74) is 1.40. The number of carboxylic acids is 1. The molecule has 3 fully saturated rings. The van der Waals surface area contributed by atoms with Gasteiger partial charge in [0.2, 0.25) is 11.8 Å². The summed E-state index contributed by atoms with van der Waals surface area (Å²) < 4.78 is 2.35. The molecule has 1 unspecified atom stereocenters. The Balaban J connectivity index is 1.61. The lowest BCUT2D eigenvalue weighted by molar-refractivity contribution is 0.0684. The van der Waals surface area contributed by atoms with Gasteiger partial charge in [0.15, 0.2) is 11.5 Å². The van der Waals surface area contributed by atoms with E-state index in [0.29, 0.717) is 29.3 Å². The van der Waals surface area contributed by atoms with Crippen molar-refractivity contribution in [3.05, 3.63) is 5.82 Å². The highest BCUT2D eigenvalue weighted by Gasteiger charge is 2.32. The molecular weight excluding hydrogens is 440 g/mol. The summed E-state index contributed by atoms with van der Waals surface area (Å²) in [5.74, 6) is 2.33. The molecule has 0 amide bonds. The number of hydrogen-bond donors (Lipinski definition) is 2. The third-order valence-electron chi connectivity index (χ3n) is 8.93. The number of nitrogens with one attached hydrogen (secondary N) is 1. The molecule has 0 radical (unpaired) electrons. The van der Waals surface area contributed by atoms with Crippen LogP contribution in [0.5, 0.6) is 0 Å². The predicted molar refractivity (Wildman–Crippen MR) is 139 cm³/mol. The second-order valence-corrected chi connectivity index (χ2v) is 11.4. The van der Waals surface area contributed by atoms with E-state index in [0.717, 1.165) is 43.3 Å². The first-order valence-electron chi connectivity index (χ1n) is 14.0. The fraction of sp³-hybridized carbons (Fsp3) is 0.778. The predicted octanol–water partition coefficient (Wildman–Crippen LogP) is 5.72. The Hall–Kier alpha value is -2.38. The van der Waals surface area contributed by atoms with Crippen molar-refractivity contribution in [1.82, 2.24) is 19.5 Å². The topological polar surface area (TPSA) is 96.2 Å². The molecule has 2 aromatic heterocycles. The van der Waals surface area contributed by atoms with E-state index >= 15 is 0 Å². The van der Waals surface area contributed by atoms with E-state index < -0.39 is 5.97 Å². The van der Waals surface area contributed by atoms with Crippen molar-refractivity contribution in [3.63, 3.8) is 0 Å². The van der Waals surface area contributed by atoms with Gasteiger partial charge in [0.25, 0.3) is 0 Å². The largest absolute Gasteiger partial charge is 0.475 e. The van der Waals surface area contributed by atoms with Crippen LogP contribution in [0.2, 0.25) is 0 Å². The fourth-order valence-corrected chi connectivity index (χ4v) is 6.34. The Morgan fingerprint density at radius 2 is 1.83 bits per heavy atom. The molecule has 8 heteroatoms. The lowest BCUT2D eigenvalue weighted by Crippen LogP contribution is -2.41. The normalized spacial score (nSPS) is 26.5. The molecule has 5 rings (SSSR count). The molecule has 192 valence electrons. The van der Waals surface area contributed by atoms with Gasteiger partial charge in [-0.05, 0) is 76.0 Å². The number of aromatic carboxylic acids is 1. The number of aromatic nitrogens is 4. The van der Waals surface area contributed by atoms with Crippen LogP contribution in [0.15, 0.2) is 0 Å². The summed E-state index contributed by atoms with van der Waals surface area (Å²) in [7, 11) is 0. The quantitative estimate of drug-likeness (QED) is 0.497. The molecule has 2 aromatic rings. The van der Waals surface area contributed by atoms with Gasteiger partial charge in [0.1, 0.15) is 5.52 Å². The van der Waals surface area contributed by atoms with Gasteiger partial charge in [-0.15, -0.1) is 0 Å². The minimum atomic E-state index is -1.10. The number of hydrogen-bond acceptors (Lipinski definition) is 6. The highest BCUT2D eigenvalue weighted by atomic mass is 16.4. The molecule has 0 aromatic carbocycles. The number of imidazole rings is 1. The maximum atomic E-state index is 11.9. The van der Waals surface area contributed by atoms with E-state index in [1.165, 1.54) is 57.8 Å². The van der Waals surface area contributed by atoms with E-state index in [4.69, 9.17) is 4.98 Å². The van der Waals surface area contributed by atoms with Crippen molar-refractivity contribution < 1.29 is 9.90 Å². The zero-order valence-corrected chi connectivity index (χ0v) is 21.7. The molecule has 0 bridgehead atoms. The average Bonchev–Trinajstić information content (AvgIpc) is 3.17. The third kappa shape index (κ3) is 4.98.